The third-order valence-electron chi connectivity index (χ3n) is 5.32. The van der Waals surface area contributed by atoms with Crippen molar-refractivity contribution in [1.29, 1.82) is 0 Å². The van der Waals surface area contributed by atoms with E-state index in [-0.39, 0.29) is 17.0 Å². The van der Waals surface area contributed by atoms with Crippen LogP contribution in [0.4, 0.5) is 10.1 Å². The number of para-hydroxylation sites is 1. The van der Waals surface area contributed by atoms with E-state index in [4.69, 9.17) is 9.15 Å². The van der Waals surface area contributed by atoms with E-state index >= 15 is 0 Å². The maximum absolute atomic E-state index is 13.3. The third-order valence-corrected chi connectivity index (χ3v) is 5.32. The Balaban J connectivity index is 1.63. The van der Waals surface area contributed by atoms with Crippen LogP contribution in [0.5, 0.6) is 5.75 Å². The number of hydrogen-bond acceptors (Lipinski definition) is 4. The van der Waals surface area contributed by atoms with Gasteiger partial charge in [0.1, 0.15) is 17.1 Å². The van der Waals surface area contributed by atoms with Crippen molar-refractivity contribution in [1.82, 2.24) is 0 Å². The van der Waals surface area contributed by atoms with Gasteiger partial charge in [-0.25, -0.2) is 4.39 Å². The van der Waals surface area contributed by atoms with Crippen LogP contribution in [-0.2, 0) is 4.79 Å². The Kier molecular flexibility index (Phi) is 5.77. The van der Waals surface area contributed by atoms with E-state index in [9.17, 15) is 14.0 Å². The molecular weight excluding hydrogens is 409 g/mol. The van der Waals surface area contributed by atoms with Crippen LogP contribution in [-0.4, -0.2) is 17.8 Å². The number of amides is 1. The van der Waals surface area contributed by atoms with Crippen LogP contribution in [0.1, 0.15) is 34.2 Å². The zero-order chi connectivity index (χ0) is 22.8. The zero-order valence-electron chi connectivity index (χ0n) is 17.9. The van der Waals surface area contributed by atoms with Gasteiger partial charge >= 0.3 is 0 Å². The van der Waals surface area contributed by atoms with Crippen LogP contribution in [0.25, 0.3) is 11.0 Å². The lowest BCUT2D eigenvalue weighted by atomic mass is 10.1. The summed E-state index contributed by atoms with van der Waals surface area (Å²) >= 11 is 0. The fourth-order valence-electron chi connectivity index (χ4n) is 3.33. The summed E-state index contributed by atoms with van der Waals surface area (Å²) in [7, 11) is 0. The standard InChI is InChI=1S/C26H22FNO4/c1-15-8-13-20(14-16(15)2)31-17(3)26(30)28-23-21-6-4-5-7-22(21)32-25(23)24(29)18-9-11-19(27)12-10-18/h4-14,17H,1-3H3,(H,28,30)/t17-/m0/s1. The first-order chi connectivity index (χ1) is 15.3. The molecule has 0 aliphatic rings. The SMILES string of the molecule is Cc1ccc(O[C@@H](C)C(=O)Nc2c(C(=O)c3ccc(F)cc3)oc3ccccc23)cc1C. The molecule has 5 nitrogen and oxygen atoms in total. The van der Waals surface area contributed by atoms with Crippen molar-refractivity contribution in [2.75, 3.05) is 5.32 Å². The first-order valence-electron chi connectivity index (χ1n) is 10.2. The van der Waals surface area contributed by atoms with Crippen LogP contribution in [0.2, 0.25) is 0 Å². The Bertz CT molecular complexity index is 1310. The van der Waals surface area contributed by atoms with Gasteiger partial charge in [-0.1, -0.05) is 18.2 Å². The highest BCUT2D eigenvalue weighted by molar-refractivity contribution is 6.17. The molecule has 1 aromatic heterocycles. The van der Waals surface area contributed by atoms with Gasteiger partial charge in [-0.3, -0.25) is 9.59 Å². The Morgan fingerprint density at radius 3 is 2.41 bits per heavy atom. The van der Waals surface area contributed by atoms with Gasteiger partial charge < -0.3 is 14.5 Å². The fraction of sp³-hybridized carbons (Fsp3) is 0.154. The molecule has 1 heterocycles. The monoisotopic (exact) mass is 431 g/mol. The van der Waals surface area contributed by atoms with E-state index in [1.807, 2.05) is 32.0 Å². The van der Waals surface area contributed by atoms with Crippen LogP contribution < -0.4 is 10.1 Å². The minimum absolute atomic E-state index is 0.0236. The lowest BCUT2D eigenvalue weighted by molar-refractivity contribution is -0.122. The van der Waals surface area contributed by atoms with E-state index in [2.05, 4.69) is 5.32 Å². The summed E-state index contributed by atoms with van der Waals surface area (Å²) in [6, 6.07) is 17.8. The van der Waals surface area contributed by atoms with Gasteiger partial charge in [-0.05, 0) is 80.4 Å². The van der Waals surface area contributed by atoms with Crippen LogP contribution >= 0.6 is 0 Å². The van der Waals surface area contributed by atoms with E-state index in [1.54, 1.807) is 31.2 Å². The lowest BCUT2D eigenvalue weighted by Gasteiger charge is -2.15. The molecular formula is C26H22FNO4. The lowest BCUT2D eigenvalue weighted by Crippen LogP contribution is -2.30. The number of nitrogens with one attached hydrogen (secondary N) is 1. The van der Waals surface area contributed by atoms with Crippen molar-refractivity contribution >= 4 is 28.3 Å². The van der Waals surface area contributed by atoms with Crippen molar-refractivity contribution in [2.24, 2.45) is 0 Å². The van der Waals surface area contributed by atoms with Gasteiger partial charge in [0, 0.05) is 10.9 Å². The first kappa shape index (κ1) is 21.3. The highest BCUT2D eigenvalue weighted by atomic mass is 19.1. The van der Waals surface area contributed by atoms with Gasteiger partial charge in [0.15, 0.2) is 11.9 Å². The Morgan fingerprint density at radius 1 is 0.969 bits per heavy atom. The second kappa shape index (κ2) is 8.67. The molecule has 0 fully saturated rings. The number of rotatable bonds is 6. The molecule has 0 saturated heterocycles. The van der Waals surface area contributed by atoms with E-state index in [0.29, 0.717) is 16.7 Å². The summed E-state index contributed by atoms with van der Waals surface area (Å²) in [6.07, 6.45) is -0.820. The van der Waals surface area contributed by atoms with Crippen molar-refractivity contribution in [3.8, 4) is 5.75 Å². The number of hydrogen-bond donors (Lipinski definition) is 1. The van der Waals surface area contributed by atoms with Gasteiger partial charge in [0.2, 0.25) is 5.78 Å². The molecule has 1 amide bonds. The molecule has 4 aromatic rings. The number of furan rings is 1. The molecule has 162 valence electrons. The van der Waals surface area contributed by atoms with Crippen molar-refractivity contribution in [3.63, 3.8) is 0 Å². The van der Waals surface area contributed by atoms with Crippen molar-refractivity contribution in [2.45, 2.75) is 26.9 Å². The quantitative estimate of drug-likeness (QED) is 0.390. The predicted molar refractivity (Wildman–Crippen MR) is 121 cm³/mol. The highest BCUT2D eigenvalue weighted by Crippen LogP contribution is 2.33. The van der Waals surface area contributed by atoms with E-state index < -0.39 is 23.6 Å². The van der Waals surface area contributed by atoms with E-state index in [0.717, 1.165) is 11.1 Å². The topological polar surface area (TPSA) is 68.5 Å². The first-order valence-corrected chi connectivity index (χ1v) is 10.2. The van der Waals surface area contributed by atoms with Crippen LogP contribution in [0.3, 0.4) is 0 Å². The summed E-state index contributed by atoms with van der Waals surface area (Å²) in [5.74, 6) is -0.779. The molecule has 4 rings (SSSR count). The molecule has 0 spiro atoms. The Hall–Kier alpha value is -3.93. The van der Waals surface area contributed by atoms with Gasteiger partial charge in [-0.15, -0.1) is 0 Å². The molecule has 1 atom stereocenters. The number of ether oxygens (including phenoxy) is 1. The number of carbonyl (C=O) groups is 2. The second-order valence-electron chi connectivity index (χ2n) is 7.63. The average molecular weight is 431 g/mol. The maximum atomic E-state index is 13.3. The maximum Gasteiger partial charge on any atom is 0.265 e. The molecule has 32 heavy (non-hydrogen) atoms. The Morgan fingerprint density at radius 2 is 1.69 bits per heavy atom. The summed E-state index contributed by atoms with van der Waals surface area (Å²) < 4.78 is 24.9. The molecule has 0 saturated carbocycles. The summed E-state index contributed by atoms with van der Waals surface area (Å²) in [5, 5.41) is 3.38. The smallest absolute Gasteiger partial charge is 0.265 e. The summed E-state index contributed by atoms with van der Waals surface area (Å²) in [4.78, 5) is 26.0. The number of aryl methyl sites for hydroxylation is 2. The zero-order valence-corrected chi connectivity index (χ0v) is 17.9. The molecule has 0 aliphatic heterocycles. The molecule has 0 aliphatic carbocycles. The summed E-state index contributed by atoms with van der Waals surface area (Å²) in [6.45, 7) is 5.60. The second-order valence-corrected chi connectivity index (χ2v) is 7.63. The molecule has 3 aromatic carbocycles. The van der Waals surface area contributed by atoms with Crippen LogP contribution in [0, 0.1) is 19.7 Å². The normalized spacial score (nSPS) is 11.9. The van der Waals surface area contributed by atoms with Gasteiger partial charge in [0.05, 0.1) is 5.69 Å². The van der Waals surface area contributed by atoms with Gasteiger partial charge in [-0.2, -0.15) is 0 Å². The van der Waals surface area contributed by atoms with Crippen molar-refractivity contribution < 1.29 is 23.1 Å². The van der Waals surface area contributed by atoms with Crippen LogP contribution in [0.15, 0.2) is 71.1 Å². The number of benzene rings is 3. The Labute approximate surface area is 184 Å². The molecule has 1 N–H and O–H groups in total. The van der Waals surface area contributed by atoms with E-state index in [1.165, 1.54) is 24.3 Å². The minimum atomic E-state index is -0.820. The number of fused-ring (bicyclic) bond motifs is 1. The number of carbonyl (C=O) groups excluding carboxylic acids is 2. The molecule has 0 unspecified atom stereocenters. The predicted octanol–water partition coefficient (Wildman–Crippen LogP) is 5.83. The third kappa shape index (κ3) is 4.25. The largest absolute Gasteiger partial charge is 0.481 e. The number of ketones is 1. The molecule has 0 bridgehead atoms. The van der Waals surface area contributed by atoms with Gasteiger partial charge in [0.25, 0.3) is 5.91 Å². The molecule has 0 radical (unpaired) electrons. The fourth-order valence-corrected chi connectivity index (χ4v) is 3.33. The molecule has 6 heteroatoms. The average Bonchev–Trinajstić information content (AvgIpc) is 3.14. The number of anilines is 1. The van der Waals surface area contributed by atoms with Crippen molar-refractivity contribution in [3.05, 3.63) is 95.0 Å². The number of halogens is 1. The highest BCUT2D eigenvalue weighted by Gasteiger charge is 2.25. The summed E-state index contributed by atoms with van der Waals surface area (Å²) in [5.41, 5.74) is 3.15. The minimum Gasteiger partial charge on any atom is -0.481 e.